The SMILES string of the molecule is CC1CCCCC1OCCOc1ccccc1C(=O)O. The van der Waals surface area contributed by atoms with Gasteiger partial charge in [0.2, 0.25) is 0 Å². The van der Waals surface area contributed by atoms with Gasteiger partial charge >= 0.3 is 5.97 Å². The highest BCUT2D eigenvalue weighted by Gasteiger charge is 2.21. The van der Waals surface area contributed by atoms with Gasteiger partial charge in [-0.05, 0) is 30.9 Å². The van der Waals surface area contributed by atoms with Crippen molar-refractivity contribution < 1.29 is 19.4 Å². The summed E-state index contributed by atoms with van der Waals surface area (Å²) in [5.41, 5.74) is 0.193. The monoisotopic (exact) mass is 278 g/mol. The molecule has 110 valence electrons. The summed E-state index contributed by atoms with van der Waals surface area (Å²) < 4.78 is 11.4. The first-order valence-electron chi connectivity index (χ1n) is 7.25. The van der Waals surface area contributed by atoms with Crippen molar-refractivity contribution in [1.82, 2.24) is 0 Å². The van der Waals surface area contributed by atoms with Crippen LogP contribution in [0.3, 0.4) is 0 Å². The number of hydrogen-bond acceptors (Lipinski definition) is 3. The smallest absolute Gasteiger partial charge is 0.339 e. The Labute approximate surface area is 119 Å². The molecule has 2 atom stereocenters. The molecule has 0 aromatic heterocycles. The highest BCUT2D eigenvalue weighted by molar-refractivity contribution is 5.90. The Morgan fingerprint density at radius 2 is 2.00 bits per heavy atom. The molecular weight excluding hydrogens is 256 g/mol. The standard InChI is InChI=1S/C16H22O4/c1-12-6-2-4-8-14(12)19-10-11-20-15-9-5-3-7-13(15)16(17)18/h3,5,7,9,12,14H,2,4,6,8,10-11H2,1H3,(H,17,18). The zero-order valence-electron chi connectivity index (χ0n) is 11.9. The van der Waals surface area contributed by atoms with Crippen LogP contribution in [0.1, 0.15) is 43.0 Å². The Balaban J connectivity index is 1.77. The molecule has 1 aliphatic carbocycles. The number of carboxylic acid groups (broad SMARTS) is 1. The van der Waals surface area contributed by atoms with Gasteiger partial charge in [0, 0.05) is 0 Å². The molecule has 0 bridgehead atoms. The summed E-state index contributed by atoms with van der Waals surface area (Å²) in [6.45, 7) is 3.11. The van der Waals surface area contributed by atoms with Crippen LogP contribution in [0.15, 0.2) is 24.3 Å². The van der Waals surface area contributed by atoms with Gasteiger partial charge < -0.3 is 14.6 Å². The van der Waals surface area contributed by atoms with E-state index in [1.807, 2.05) is 0 Å². The molecule has 0 saturated heterocycles. The van der Waals surface area contributed by atoms with Gasteiger partial charge in [0.25, 0.3) is 0 Å². The van der Waals surface area contributed by atoms with E-state index in [9.17, 15) is 4.79 Å². The maximum absolute atomic E-state index is 11.0. The van der Waals surface area contributed by atoms with E-state index in [0.717, 1.165) is 6.42 Å². The number of hydrogen-bond donors (Lipinski definition) is 1. The highest BCUT2D eigenvalue weighted by atomic mass is 16.5. The third kappa shape index (κ3) is 3.97. The van der Waals surface area contributed by atoms with E-state index in [-0.39, 0.29) is 5.56 Å². The van der Waals surface area contributed by atoms with Gasteiger partial charge in [-0.2, -0.15) is 0 Å². The van der Waals surface area contributed by atoms with Gasteiger partial charge in [0.05, 0.1) is 12.7 Å². The highest BCUT2D eigenvalue weighted by Crippen LogP contribution is 2.26. The van der Waals surface area contributed by atoms with Crippen LogP contribution in [0, 0.1) is 5.92 Å². The first-order valence-corrected chi connectivity index (χ1v) is 7.25. The molecular formula is C16H22O4. The number of aromatic carboxylic acids is 1. The average molecular weight is 278 g/mol. The second kappa shape index (κ2) is 7.29. The Morgan fingerprint density at radius 3 is 2.75 bits per heavy atom. The molecule has 4 heteroatoms. The van der Waals surface area contributed by atoms with E-state index in [2.05, 4.69) is 6.92 Å². The Bertz CT molecular complexity index is 444. The van der Waals surface area contributed by atoms with E-state index in [1.165, 1.54) is 19.3 Å². The molecule has 1 saturated carbocycles. The van der Waals surface area contributed by atoms with Gasteiger partial charge in [0.1, 0.15) is 17.9 Å². The lowest BCUT2D eigenvalue weighted by molar-refractivity contribution is -0.0167. The number of carboxylic acids is 1. The molecule has 1 aromatic carbocycles. The van der Waals surface area contributed by atoms with Gasteiger partial charge in [-0.3, -0.25) is 0 Å². The Hall–Kier alpha value is -1.55. The molecule has 0 amide bonds. The van der Waals surface area contributed by atoms with Crippen LogP contribution in [0.5, 0.6) is 5.75 Å². The summed E-state index contributed by atoms with van der Waals surface area (Å²) in [6.07, 6.45) is 5.20. The predicted molar refractivity (Wildman–Crippen MR) is 76.3 cm³/mol. The summed E-state index contributed by atoms with van der Waals surface area (Å²) in [5, 5.41) is 9.05. The molecule has 0 heterocycles. The van der Waals surface area contributed by atoms with Crippen LogP contribution in [-0.4, -0.2) is 30.4 Å². The summed E-state index contributed by atoms with van der Waals surface area (Å²) in [7, 11) is 0. The van der Waals surface area contributed by atoms with E-state index in [4.69, 9.17) is 14.6 Å². The largest absolute Gasteiger partial charge is 0.490 e. The minimum Gasteiger partial charge on any atom is -0.490 e. The molecule has 4 nitrogen and oxygen atoms in total. The topological polar surface area (TPSA) is 55.8 Å². The lowest BCUT2D eigenvalue weighted by Gasteiger charge is -2.28. The van der Waals surface area contributed by atoms with Gasteiger partial charge in [-0.15, -0.1) is 0 Å². The van der Waals surface area contributed by atoms with E-state index in [1.54, 1.807) is 24.3 Å². The molecule has 0 spiro atoms. The molecule has 20 heavy (non-hydrogen) atoms. The normalized spacial score (nSPS) is 22.4. The van der Waals surface area contributed by atoms with Gasteiger partial charge in [-0.25, -0.2) is 4.79 Å². The van der Waals surface area contributed by atoms with Crippen LogP contribution in [0.25, 0.3) is 0 Å². The van der Waals surface area contributed by atoms with Crippen molar-refractivity contribution in [3.8, 4) is 5.75 Å². The fourth-order valence-corrected chi connectivity index (χ4v) is 2.65. The number of carbonyl (C=O) groups is 1. The van der Waals surface area contributed by atoms with E-state index >= 15 is 0 Å². The zero-order valence-corrected chi connectivity index (χ0v) is 11.9. The Morgan fingerprint density at radius 1 is 1.25 bits per heavy atom. The lowest BCUT2D eigenvalue weighted by Crippen LogP contribution is -2.27. The summed E-state index contributed by atoms with van der Waals surface area (Å²) in [5.74, 6) is 0.0396. The molecule has 1 N–H and O–H groups in total. The maximum atomic E-state index is 11.0. The van der Waals surface area contributed by atoms with E-state index in [0.29, 0.717) is 31.0 Å². The second-order valence-electron chi connectivity index (χ2n) is 5.32. The van der Waals surface area contributed by atoms with Crippen molar-refractivity contribution in [2.24, 2.45) is 5.92 Å². The fraction of sp³-hybridized carbons (Fsp3) is 0.562. The minimum absolute atomic E-state index is 0.193. The third-order valence-electron chi connectivity index (χ3n) is 3.82. The first-order chi connectivity index (χ1) is 9.68. The van der Waals surface area contributed by atoms with Crippen molar-refractivity contribution in [3.05, 3.63) is 29.8 Å². The van der Waals surface area contributed by atoms with Crippen LogP contribution >= 0.6 is 0 Å². The van der Waals surface area contributed by atoms with E-state index < -0.39 is 5.97 Å². The van der Waals surface area contributed by atoms with Crippen molar-refractivity contribution >= 4 is 5.97 Å². The van der Waals surface area contributed by atoms with Crippen molar-refractivity contribution in [2.75, 3.05) is 13.2 Å². The van der Waals surface area contributed by atoms with Crippen LogP contribution < -0.4 is 4.74 Å². The molecule has 2 rings (SSSR count). The number of rotatable bonds is 6. The maximum Gasteiger partial charge on any atom is 0.339 e. The number of para-hydroxylation sites is 1. The lowest BCUT2D eigenvalue weighted by atomic mass is 9.88. The van der Waals surface area contributed by atoms with Crippen LogP contribution in [-0.2, 0) is 4.74 Å². The van der Waals surface area contributed by atoms with Crippen molar-refractivity contribution in [3.63, 3.8) is 0 Å². The molecule has 0 aliphatic heterocycles. The van der Waals surface area contributed by atoms with Gasteiger partial charge in [0.15, 0.2) is 0 Å². The first kappa shape index (κ1) is 14.9. The van der Waals surface area contributed by atoms with Gasteiger partial charge in [-0.1, -0.05) is 31.9 Å². The molecule has 1 aromatic rings. The third-order valence-corrected chi connectivity index (χ3v) is 3.82. The van der Waals surface area contributed by atoms with Crippen LogP contribution in [0.2, 0.25) is 0 Å². The number of benzene rings is 1. The average Bonchev–Trinajstić information content (AvgIpc) is 2.45. The zero-order chi connectivity index (χ0) is 14.4. The molecule has 1 aliphatic rings. The second-order valence-corrected chi connectivity index (χ2v) is 5.32. The number of ether oxygens (including phenoxy) is 2. The van der Waals surface area contributed by atoms with Crippen molar-refractivity contribution in [1.29, 1.82) is 0 Å². The summed E-state index contributed by atoms with van der Waals surface area (Å²) >= 11 is 0. The summed E-state index contributed by atoms with van der Waals surface area (Å²) in [6, 6.07) is 6.68. The summed E-state index contributed by atoms with van der Waals surface area (Å²) in [4.78, 5) is 11.0. The van der Waals surface area contributed by atoms with Crippen molar-refractivity contribution in [2.45, 2.75) is 38.7 Å². The molecule has 2 unspecified atom stereocenters. The molecule has 1 fully saturated rings. The quantitative estimate of drug-likeness (QED) is 0.811. The predicted octanol–water partition coefficient (Wildman–Crippen LogP) is 3.36. The van der Waals surface area contributed by atoms with Crippen LogP contribution in [0.4, 0.5) is 0 Å². The Kier molecular flexibility index (Phi) is 5.41. The molecule has 0 radical (unpaired) electrons. The minimum atomic E-state index is -0.970. The fourth-order valence-electron chi connectivity index (χ4n) is 2.65.